The summed E-state index contributed by atoms with van der Waals surface area (Å²) in [6, 6.07) is 24.9. The average molecular weight is 489 g/mol. The molecule has 1 aromatic heterocycles. The van der Waals surface area contributed by atoms with Crippen LogP contribution >= 0.6 is 0 Å². The summed E-state index contributed by atoms with van der Waals surface area (Å²) >= 11 is 0. The molecule has 0 unspecified atom stereocenters. The van der Waals surface area contributed by atoms with Crippen molar-refractivity contribution in [3.63, 3.8) is 0 Å². The monoisotopic (exact) mass is 488 g/mol. The minimum Gasteiger partial charge on any atom is -0.473 e. The van der Waals surface area contributed by atoms with Crippen molar-refractivity contribution >= 4 is 5.69 Å². The number of aliphatic hydroxyl groups is 1. The standard InChI is InChI=1S/C29H26F2N2O3/c30-25-13-23(33-15-22(16-33)17-34)14-26(31)28(25)24-11-12-27(35-18-20-7-3-1-4-8-20)32-29(24)36-19-21-9-5-2-6-10-21/h1-14,22,34H,15-19H2. The van der Waals surface area contributed by atoms with E-state index in [4.69, 9.17) is 9.47 Å². The van der Waals surface area contributed by atoms with E-state index < -0.39 is 11.6 Å². The van der Waals surface area contributed by atoms with Gasteiger partial charge in [-0.25, -0.2) is 8.78 Å². The maximum Gasteiger partial charge on any atom is 0.225 e. The Bertz CT molecular complexity index is 1290. The molecule has 4 aromatic rings. The minimum absolute atomic E-state index is 0.0615. The van der Waals surface area contributed by atoms with E-state index in [1.54, 1.807) is 12.1 Å². The molecule has 36 heavy (non-hydrogen) atoms. The van der Waals surface area contributed by atoms with Gasteiger partial charge in [0.2, 0.25) is 11.8 Å². The number of hydrogen-bond donors (Lipinski definition) is 1. The first-order valence-electron chi connectivity index (χ1n) is 11.8. The van der Waals surface area contributed by atoms with Crippen LogP contribution in [0.1, 0.15) is 11.1 Å². The number of nitrogens with zero attached hydrogens (tertiary/aromatic N) is 2. The van der Waals surface area contributed by atoms with Gasteiger partial charge in [-0.05, 0) is 29.3 Å². The molecule has 1 N–H and O–H groups in total. The summed E-state index contributed by atoms with van der Waals surface area (Å²) in [6.45, 7) is 1.67. The Labute approximate surface area is 208 Å². The Kier molecular flexibility index (Phi) is 7.09. The molecular weight excluding hydrogens is 462 g/mol. The van der Waals surface area contributed by atoms with Crippen LogP contribution in [0.3, 0.4) is 0 Å². The van der Waals surface area contributed by atoms with Gasteiger partial charge in [-0.2, -0.15) is 4.98 Å². The lowest BCUT2D eigenvalue weighted by Crippen LogP contribution is -2.48. The fraction of sp³-hybridized carbons (Fsp3) is 0.207. The number of halogens is 2. The first-order valence-corrected chi connectivity index (χ1v) is 11.8. The quantitative estimate of drug-likeness (QED) is 0.332. The van der Waals surface area contributed by atoms with E-state index >= 15 is 8.78 Å². The first-order chi connectivity index (χ1) is 17.6. The summed E-state index contributed by atoms with van der Waals surface area (Å²) in [7, 11) is 0. The lowest BCUT2D eigenvalue weighted by Gasteiger charge is -2.40. The SMILES string of the molecule is OCC1CN(c2cc(F)c(-c3ccc(OCc4ccccc4)nc3OCc3ccccc3)c(F)c2)C1. The third-order valence-electron chi connectivity index (χ3n) is 6.16. The second kappa shape index (κ2) is 10.7. The van der Waals surface area contributed by atoms with Gasteiger partial charge in [0.25, 0.3) is 0 Å². The second-order valence-corrected chi connectivity index (χ2v) is 8.79. The number of rotatable bonds is 9. The van der Waals surface area contributed by atoms with Crippen molar-refractivity contribution in [1.29, 1.82) is 0 Å². The Balaban J connectivity index is 1.44. The van der Waals surface area contributed by atoms with Crippen molar-refractivity contribution in [2.75, 3.05) is 24.6 Å². The van der Waals surface area contributed by atoms with E-state index in [0.717, 1.165) is 11.1 Å². The van der Waals surface area contributed by atoms with Crippen molar-refractivity contribution in [2.45, 2.75) is 13.2 Å². The van der Waals surface area contributed by atoms with Crippen molar-refractivity contribution in [2.24, 2.45) is 5.92 Å². The summed E-state index contributed by atoms with van der Waals surface area (Å²) in [6.07, 6.45) is 0. The molecule has 1 fully saturated rings. The number of aliphatic hydroxyl groups excluding tert-OH is 1. The van der Waals surface area contributed by atoms with Crippen molar-refractivity contribution < 1.29 is 23.4 Å². The van der Waals surface area contributed by atoms with E-state index in [1.165, 1.54) is 12.1 Å². The summed E-state index contributed by atoms with van der Waals surface area (Å²) in [5.74, 6) is -0.914. The highest BCUT2D eigenvalue weighted by Gasteiger charge is 2.28. The predicted molar refractivity (Wildman–Crippen MR) is 134 cm³/mol. The summed E-state index contributed by atoms with van der Waals surface area (Å²) < 4.78 is 42.3. The fourth-order valence-corrected chi connectivity index (χ4v) is 4.16. The molecule has 7 heteroatoms. The smallest absolute Gasteiger partial charge is 0.225 e. The van der Waals surface area contributed by atoms with Crippen LogP contribution in [0.15, 0.2) is 84.9 Å². The highest BCUT2D eigenvalue weighted by Crippen LogP contribution is 2.37. The average Bonchev–Trinajstić information content (AvgIpc) is 2.87. The minimum atomic E-state index is -0.707. The molecule has 0 atom stereocenters. The van der Waals surface area contributed by atoms with Crippen molar-refractivity contribution in [3.05, 3.63) is 108 Å². The molecule has 1 aliphatic heterocycles. The molecule has 0 radical (unpaired) electrons. The normalized spacial score (nSPS) is 13.4. The number of pyridine rings is 1. The van der Waals surface area contributed by atoms with Gasteiger partial charge in [0, 0.05) is 37.4 Å². The zero-order valence-corrected chi connectivity index (χ0v) is 19.6. The summed E-state index contributed by atoms with van der Waals surface area (Å²) in [4.78, 5) is 6.29. The van der Waals surface area contributed by atoms with E-state index in [1.807, 2.05) is 65.6 Å². The van der Waals surface area contributed by atoms with Gasteiger partial charge in [0.05, 0.1) is 11.1 Å². The van der Waals surface area contributed by atoms with Crippen molar-refractivity contribution in [1.82, 2.24) is 4.98 Å². The van der Waals surface area contributed by atoms with Crippen LogP contribution in [0.2, 0.25) is 0 Å². The molecule has 2 heterocycles. The van der Waals surface area contributed by atoms with Gasteiger partial charge in [-0.1, -0.05) is 60.7 Å². The summed E-state index contributed by atoms with van der Waals surface area (Å²) in [5.41, 5.74) is 2.31. The van der Waals surface area contributed by atoms with Crippen LogP contribution in [-0.4, -0.2) is 29.8 Å². The fourth-order valence-electron chi connectivity index (χ4n) is 4.16. The Morgan fingerprint density at radius 2 is 1.39 bits per heavy atom. The first kappa shape index (κ1) is 23.8. The number of aromatic nitrogens is 1. The number of anilines is 1. The molecule has 0 spiro atoms. The van der Waals surface area contributed by atoms with Gasteiger partial charge >= 0.3 is 0 Å². The van der Waals surface area contributed by atoms with Gasteiger partial charge < -0.3 is 19.5 Å². The molecule has 184 valence electrons. The molecule has 0 aliphatic carbocycles. The predicted octanol–water partition coefficient (Wildman–Crippen LogP) is 5.61. The highest BCUT2D eigenvalue weighted by molar-refractivity contribution is 5.72. The molecule has 0 bridgehead atoms. The largest absolute Gasteiger partial charge is 0.473 e. The van der Waals surface area contributed by atoms with Crippen molar-refractivity contribution in [3.8, 4) is 22.9 Å². The van der Waals surface area contributed by atoms with Crippen LogP contribution in [-0.2, 0) is 13.2 Å². The Morgan fingerprint density at radius 3 is 1.97 bits per heavy atom. The molecule has 0 amide bonds. The lowest BCUT2D eigenvalue weighted by atomic mass is 9.98. The molecule has 1 aliphatic rings. The highest BCUT2D eigenvalue weighted by atomic mass is 19.1. The number of benzene rings is 3. The molecule has 5 nitrogen and oxygen atoms in total. The third-order valence-corrected chi connectivity index (χ3v) is 6.16. The zero-order valence-electron chi connectivity index (χ0n) is 19.6. The molecular formula is C29H26F2N2O3. The van der Waals surface area contributed by atoms with Gasteiger partial charge in [0.1, 0.15) is 24.8 Å². The van der Waals surface area contributed by atoms with Crippen LogP contribution in [0.25, 0.3) is 11.1 Å². The maximum absolute atomic E-state index is 15.3. The molecule has 0 saturated carbocycles. The van der Waals surface area contributed by atoms with Gasteiger partial charge in [-0.15, -0.1) is 0 Å². The maximum atomic E-state index is 15.3. The van der Waals surface area contributed by atoms with Crippen LogP contribution in [0.5, 0.6) is 11.8 Å². The number of ether oxygens (including phenoxy) is 2. The van der Waals surface area contributed by atoms with Crippen LogP contribution in [0.4, 0.5) is 14.5 Å². The van der Waals surface area contributed by atoms with Crippen LogP contribution < -0.4 is 14.4 Å². The lowest BCUT2D eigenvalue weighted by molar-refractivity contribution is 0.200. The third kappa shape index (κ3) is 5.31. The molecule has 3 aromatic carbocycles. The van der Waals surface area contributed by atoms with E-state index in [2.05, 4.69) is 4.98 Å². The Morgan fingerprint density at radius 1 is 0.806 bits per heavy atom. The van der Waals surface area contributed by atoms with Crippen LogP contribution in [0, 0.1) is 17.6 Å². The van der Waals surface area contributed by atoms with Gasteiger partial charge in [-0.3, -0.25) is 0 Å². The van der Waals surface area contributed by atoms with E-state index in [0.29, 0.717) is 31.3 Å². The van der Waals surface area contributed by atoms with E-state index in [-0.39, 0.29) is 36.1 Å². The Hall–Kier alpha value is -3.97. The molecule has 1 saturated heterocycles. The second-order valence-electron chi connectivity index (χ2n) is 8.79. The van der Waals surface area contributed by atoms with E-state index in [9.17, 15) is 5.11 Å². The topological polar surface area (TPSA) is 54.8 Å². The zero-order chi connectivity index (χ0) is 24.9. The van der Waals surface area contributed by atoms with Gasteiger partial charge in [0.15, 0.2) is 0 Å². The summed E-state index contributed by atoms with van der Waals surface area (Å²) in [5, 5.41) is 9.24. The number of hydrogen-bond acceptors (Lipinski definition) is 5. The molecule has 5 rings (SSSR count).